The minimum absolute atomic E-state index is 0.0282. The molecule has 1 aliphatic rings. The third kappa shape index (κ3) is 5.56. The van der Waals surface area contributed by atoms with Crippen LogP contribution in [0.3, 0.4) is 0 Å². The normalized spacial score (nSPS) is 17.3. The fourth-order valence-corrected chi connectivity index (χ4v) is 4.13. The van der Waals surface area contributed by atoms with E-state index in [0.29, 0.717) is 10.8 Å². The lowest BCUT2D eigenvalue weighted by Gasteiger charge is -2.32. The maximum Gasteiger partial charge on any atom is 0.215 e. The standard InChI is InChI=1S/C16H19Cl3N2O2S/c17-13(15(18)19)14(21(22)23)16(20-9-5-2-6-10-20)24-11-12-7-3-1-4-8-12/h1,3-4,7-8,21-22H,2,5-6,9-11H2/b16-14+. The molecule has 0 aromatic heterocycles. The van der Waals surface area contributed by atoms with E-state index in [1.807, 2.05) is 30.3 Å². The monoisotopic (exact) mass is 408 g/mol. The molecule has 8 heteroatoms. The number of quaternary nitrogens is 1. The zero-order valence-corrected chi connectivity index (χ0v) is 16.1. The molecule has 1 fully saturated rings. The molecule has 1 aliphatic heterocycles. The van der Waals surface area contributed by atoms with Crippen LogP contribution >= 0.6 is 46.6 Å². The van der Waals surface area contributed by atoms with E-state index in [2.05, 4.69) is 4.90 Å². The Balaban J connectivity index is 2.35. The molecular weight excluding hydrogens is 391 g/mol. The summed E-state index contributed by atoms with van der Waals surface area (Å²) in [6.07, 6.45) is 3.20. The van der Waals surface area contributed by atoms with E-state index in [-0.39, 0.29) is 15.2 Å². The predicted molar refractivity (Wildman–Crippen MR) is 101 cm³/mol. The fourth-order valence-electron chi connectivity index (χ4n) is 2.52. The fraction of sp³-hybridized carbons (Fsp3) is 0.375. The number of halogens is 3. The van der Waals surface area contributed by atoms with Gasteiger partial charge in [-0.2, -0.15) is 5.23 Å². The number of benzene rings is 1. The lowest BCUT2D eigenvalue weighted by molar-refractivity contribution is -1.01. The Labute approximate surface area is 161 Å². The minimum Gasteiger partial charge on any atom is -0.595 e. The first-order chi connectivity index (χ1) is 11.5. The van der Waals surface area contributed by atoms with Gasteiger partial charge in [-0.15, -0.1) is 0 Å². The van der Waals surface area contributed by atoms with Crippen molar-refractivity contribution in [1.29, 1.82) is 0 Å². The van der Waals surface area contributed by atoms with E-state index in [9.17, 15) is 10.4 Å². The topological polar surface area (TPSA) is 51.0 Å². The van der Waals surface area contributed by atoms with Gasteiger partial charge in [-0.25, -0.2) is 5.21 Å². The highest BCUT2D eigenvalue weighted by Crippen LogP contribution is 2.33. The summed E-state index contributed by atoms with van der Waals surface area (Å²) < 4.78 is -0.233. The molecule has 1 aromatic rings. The van der Waals surface area contributed by atoms with Gasteiger partial charge in [0, 0.05) is 18.8 Å². The average Bonchev–Trinajstić information content (AvgIpc) is 2.59. The molecule has 0 saturated carbocycles. The molecule has 0 radical (unpaired) electrons. The zero-order chi connectivity index (χ0) is 17.5. The smallest absolute Gasteiger partial charge is 0.215 e. The number of hydroxylamine groups is 2. The summed E-state index contributed by atoms with van der Waals surface area (Å²) >= 11 is 19.1. The minimum atomic E-state index is -1.13. The second kappa shape index (κ2) is 9.92. The summed E-state index contributed by atoms with van der Waals surface area (Å²) in [5.41, 5.74) is 1.08. The van der Waals surface area contributed by atoms with Crippen LogP contribution in [0, 0.1) is 5.21 Å². The molecule has 2 N–H and O–H groups in total. The van der Waals surface area contributed by atoms with Gasteiger partial charge in [-0.3, -0.25) is 0 Å². The van der Waals surface area contributed by atoms with Crippen LogP contribution in [-0.2, 0) is 5.75 Å². The number of thioether (sulfide) groups is 1. The van der Waals surface area contributed by atoms with Crippen LogP contribution in [0.2, 0.25) is 0 Å². The summed E-state index contributed by atoms with van der Waals surface area (Å²) in [5, 5.41) is 20.8. The van der Waals surface area contributed by atoms with Gasteiger partial charge in [0.15, 0.2) is 0 Å². The van der Waals surface area contributed by atoms with E-state index in [0.717, 1.165) is 37.9 Å². The van der Waals surface area contributed by atoms with Crippen molar-refractivity contribution in [2.24, 2.45) is 0 Å². The van der Waals surface area contributed by atoms with Crippen LogP contribution in [0.1, 0.15) is 24.8 Å². The Kier molecular flexibility index (Phi) is 8.23. The summed E-state index contributed by atoms with van der Waals surface area (Å²) in [6, 6.07) is 9.88. The first-order valence-electron chi connectivity index (χ1n) is 7.61. The molecule has 0 bridgehead atoms. The Hall–Kier alpha value is -0.400. The summed E-state index contributed by atoms with van der Waals surface area (Å²) in [7, 11) is 0. The quantitative estimate of drug-likeness (QED) is 0.545. The van der Waals surface area contributed by atoms with Crippen molar-refractivity contribution >= 4 is 46.6 Å². The molecule has 0 amide bonds. The number of allylic oxidation sites excluding steroid dienone is 1. The zero-order valence-electron chi connectivity index (χ0n) is 13.0. The van der Waals surface area contributed by atoms with Crippen LogP contribution in [0.4, 0.5) is 0 Å². The van der Waals surface area contributed by atoms with Crippen molar-refractivity contribution in [3.05, 3.63) is 61.4 Å². The molecule has 4 nitrogen and oxygen atoms in total. The molecule has 0 aliphatic carbocycles. The van der Waals surface area contributed by atoms with Gasteiger partial charge in [0.2, 0.25) is 5.70 Å². The number of piperidine rings is 1. The Morgan fingerprint density at radius 2 is 1.75 bits per heavy atom. The molecule has 24 heavy (non-hydrogen) atoms. The van der Waals surface area contributed by atoms with Crippen LogP contribution in [0.15, 0.2) is 50.6 Å². The summed E-state index contributed by atoms with van der Waals surface area (Å²) in [6.45, 7) is 1.61. The van der Waals surface area contributed by atoms with Crippen LogP contribution < -0.4 is 5.23 Å². The number of nitrogens with zero attached hydrogens (tertiary/aromatic N) is 1. The number of rotatable bonds is 6. The Morgan fingerprint density at radius 1 is 1.12 bits per heavy atom. The van der Waals surface area contributed by atoms with E-state index in [1.54, 1.807) is 0 Å². The van der Waals surface area contributed by atoms with E-state index >= 15 is 0 Å². The van der Waals surface area contributed by atoms with Gasteiger partial charge < -0.3 is 10.1 Å². The van der Waals surface area contributed by atoms with Crippen molar-refractivity contribution < 1.29 is 10.4 Å². The Bertz CT molecular complexity index is 599. The van der Waals surface area contributed by atoms with Crippen molar-refractivity contribution in [1.82, 2.24) is 4.90 Å². The van der Waals surface area contributed by atoms with Crippen molar-refractivity contribution in [3.63, 3.8) is 0 Å². The number of likely N-dealkylation sites (tertiary alicyclic amines) is 1. The highest BCUT2D eigenvalue weighted by molar-refractivity contribution is 8.02. The molecule has 1 heterocycles. The van der Waals surface area contributed by atoms with Gasteiger partial charge in [-0.05, 0) is 24.8 Å². The SMILES string of the molecule is [O-][NH+](O)/C(C(Cl)=C(Cl)Cl)=C(/SCc1ccccc1)N1CCCCC1. The number of hydrogen-bond acceptors (Lipinski definition) is 4. The third-order valence-electron chi connectivity index (χ3n) is 3.67. The molecule has 132 valence electrons. The van der Waals surface area contributed by atoms with Crippen LogP contribution in [0.5, 0.6) is 0 Å². The van der Waals surface area contributed by atoms with Crippen molar-refractivity contribution in [2.45, 2.75) is 25.0 Å². The molecule has 1 atom stereocenters. The van der Waals surface area contributed by atoms with Gasteiger partial charge in [0.1, 0.15) is 14.6 Å². The van der Waals surface area contributed by atoms with E-state index < -0.39 is 5.23 Å². The van der Waals surface area contributed by atoms with E-state index in [4.69, 9.17) is 34.8 Å². The molecule has 0 spiro atoms. The average molecular weight is 410 g/mol. The highest BCUT2D eigenvalue weighted by atomic mass is 35.5. The molecule has 1 aromatic carbocycles. The van der Waals surface area contributed by atoms with Gasteiger partial charge in [0.05, 0.1) is 0 Å². The van der Waals surface area contributed by atoms with Crippen molar-refractivity contribution in [3.8, 4) is 0 Å². The maximum atomic E-state index is 11.8. The Morgan fingerprint density at radius 3 is 2.29 bits per heavy atom. The van der Waals surface area contributed by atoms with Gasteiger partial charge in [-0.1, -0.05) is 76.9 Å². The first kappa shape index (κ1) is 19.9. The lowest BCUT2D eigenvalue weighted by Crippen LogP contribution is -3.03. The molecule has 2 rings (SSSR count). The second-order valence-electron chi connectivity index (χ2n) is 5.38. The third-order valence-corrected chi connectivity index (χ3v) is 5.84. The molecule has 1 unspecified atom stereocenters. The maximum absolute atomic E-state index is 11.8. The van der Waals surface area contributed by atoms with Crippen molar-refractivity contribution in [2.75, 3.05) is 13.1 Å². The van der Waals surface area contributed by atoms with E-state index in [1.165, 1.54) is 11.8 Å². The van der Waals surface area contributed by atoms with Crippen LogP contribution in [-0.4, -0.2) is 23.2 Å². The largest absolute Gasteiger partial charge is 0.595 e. The van der Waals surface area contributed by atoms with Gasteiger partial charge >= 0.3 is 0 Å². The first-order valence-corrected chi connectivity index (χ1v) is 9.73. The summed E-state index contributed by atoms with van der Waals surface area (Å²) in [5.74, 6) is 0.646. The number of hydrogen-bond donors (Lipinski definition) is 2. The summed E-state index contributed by atoms with van der Waals surface area (Å²) in [4.78, 5) is 2.07. The van der Waals surface area contributed by atoms with Crippen LogP contribution in [0.25, 0.3) is 0 Å². The highest BCUT2D eigenvalue weighted by Gasteiger charge is 2.26. The second-order valence-corrected chi connectivity index (χ2v) is 7.67. The lowest BCUT2D eigenvalue weighted by atomic mass is 10.1. The predicted octanol–water partition coefficient (Wildman–Crippen LogP) is 4.23. The molecular formula is C16H19Cl3N2O2S. The van der Waals surface area contributed by atoms with Gasteiger partial charge in [0.25, 0.3) is 0 Å². The number of nitrogens with one attached hydrogen (secondary N) is 1. The molecule has 1 saturated heterocycles.